The van der Waals surface area contributed by atoms with E-state index in [0.29, 0.717) is 42.4 Å². The lowest BCUT2D eigenvalue weighted by Crippen LogP contribution is -2.74. The predicted molar refractivity (Wildman–Crippen MR) is 193 cm³/mol. The molecule has 22 heteroatoms. The van der Waals surface area contributed by atoms with Crippen LogP contribution in [-0.2, 0) is 63.1 Å². The summed E-state index contributed by atoms with van der Waals surface area (Å²) in [5.74, 6) is 1.42. The Kier molecular flexibility index (Phi) is 13.3. The molecule has 5 fully saturated rings. The van der Waals surface area contributed by atoms with E-state index in [2.05, 4.69) is 38.8 Å². The second kappa shape index (κ2) is 16.1. The molecule has 0 amide bonds. The highest BCUT2D eigenvalue weighted by Gasteiger charge is 2.69. The minimum absolute atomic E-state index is 0.0397. The standard InChI is InChI=1S/C33H58O18S4/c1-19(2)7-6-8-20(3)24-11-12-25-23-10-9-21-17-22(13-15-31(21,4)26(23)14-16-32(24,25)5)33(51-55(44,45)46)28(49-53(38,39)40)27(18-47-52(35,36)37)48-30(34)29(33)50-54(41,42)43/h19-30,34H,6-18H2,1-5H3,(H,35,36,37)(H,38,39,40)(H,41,42,43)(H,44,45,46)/t20-,21?,22+,23?,24-,25?,26?,27-,28-,29-,30+,31+,32-,33-/m1/s1. The Balaban J connectivity index is 1.51. The zero-order valence-corrected chi connectivity index (χ0v) is 35.1. The molecule has 5 rings (SSSR count). The van der Waals surface area contributed by atoms with Gasteiger partial charge in [-0.2, -0.15) is 33.7 Å². The summed E-state index contributed by atoms with van der Waals surface area (Å²) in [6.07, 6.45) is -0.683. The minimum atomic E-state index is -5.79. The first-order valence-corrected chi connectivity index (χ1v) is 24.5. The lowest BCUT2D eigenvalue weighted by molar-refractivity contribution is -0.319. The normalized spacial score (nSPS) is 42.0. The van der Waals surface area contributed by atoms with Crippen molar-refractivity contribution in [1.82, 2.24) is 0 Å². The van der Waals surface area contributed by atoms with Gasteiger partial charge in [-0.3, -0.25) is 18.2 Å². The van der Waals surface area contributed by atoms with E-state index < -0.39 is 84.3 Å². The molecule has 5 N–H and O–H groups in total. The maximum absolute atomic E-state index is 12.6. The molecule has 1 saturated heterocycles. The molecule has 1 aliphatic heterocycles. The van der Waals surface area contributed by atoms with Crippen LogP contribution in [0, 0.1) is 58.2 Å². The first-order valence-electron chi connectivity index (χ1n) is 19.0. The number of ether oxygens (including phenoxy) is 1. The van der Waals surface area contributed by atoms with Crippen molar-refractivity contribution in [2.24, 2.45) is 58.2 Å². The average Bonchev–Trinajstić information content (AvgIpc) is 3.38. The first-order chi connectivity index (χ1) is 25.1. The van der Waals surface area contributed by atoms with E-state index in [1.807, 2.05) is 0 Å². The Labute approximate surface area is 325 Å². The third-order valence-corrected chi connectivity index (χ3v) is 16.2. The van der Waals surface area contributed by atoms with Gasteiger partial charge in [-0.05, 0) is 116 Å². The number of rotatable bonds is 15. The Hall–Kier alpha value is -0.600. The van der Waals surface area contributed by atoms with Gasteiger partial charge in [-0.25, -0.2) is 16.7 Å². The van der Waals surface area contributed by atoms with E-state index >= 15 is 0 Å². The van der Waals surface area contributed by atoms with Crippen molar-refractivity contribution < 1.29 is 78.5 Å². The Morgan fingerprint density at radius 1 is 0.691 bits per heavy atom. The SMILES string of the molecule is CC(C)CCC[C@@H](C)[C@H]1CCC2C3CCC4C[C@@H]([C@]5(OS(=O)(=O)O)[C@H](OS(=O)(=O)O)[C@@H](O)O[C@H](COS(=O)(=O)O)[C@H]5OS(=O)(=O)O)CC[C@]4(C)C3CC[C@@]21C. The van der Waals surface area contributed by atoms with Crippen LogP contribution < -0.4 is 0 Å². The smallest absolute Gasteiger partial charge is 0.366 e. The molecule has 0 spiro atoms. The maximum atomic E-state index is 12.6. The van der Waals surface area contributed by atoms with Crippen LogP contribution in [0.4, 0.5) is 0 Å². The number of aliphatic hydroxyl groups excluding tert-OH is 1. The van der Waals surface area contributed by atoms with Gasteiger partial charge in [0.2, 0.25) is 0 Å². The number of hydrogen-bond donors (Lipinski definition) is 5. The second-order valence-corrected chi connectivity index (χ2v) is 21.9. The number of aliphatic hydroxyl groups is 1. The van der Waals surface area contributed by atoms with Gasteiger partial charge in [0.1, 0.15) is 12.2 Å². The fraction of sp³-hybridized carbons (Fsp3) is 1.00. The van der Waals surface area contributed by atoms with Crippen molar-refractivity contribution in [1.29, 1.82) is 0 Å². The van der Waals surface area contributed by atoms with Crippen molar-refractivity contribution in [3.63, 3.8) is 0 Å². The molecule has 322 valence electrons. The van der Waals surface area contributed by atoms with Gasteiger partial charge in [-0.1, -0.05) is 53.9 Å². The third-order valence-electron chi connectivity index (χ3n) is 14.4. The third kappa shape index (κ3) is 9.90. The molecular weight excluding hydrogens is 813 g/mol. The molecule has 0 aromatic heterocycles. The van der Waals surface area contributed by atoms with Gasteiger partial charge in [0.15, 0.2) is 18.0 Å². The van der Waals surface area contributed by atoms with E-state index in [0.717, 1.165) is 25.7 Å². The highest BCUT2D eigenvalue weighted by Crippen LogP contribution is 2.69. The van der Waals surface area contributed by atoms with Crippen molar-refractivity contribution in [2.45, 2.75) is 142 Å². The van der Waals surface area contributed by atoms with Crippen molar-refractivity contribution in [3.05, 3.63) is 0 Å². The largest absolute Gasteiger partial charge is 0.398 e. The summed E-state index contributed by atoms with van der Waals surface area (Å²) < 4.78 is 160. The molecule has 0 radical (unpaired) electrons. The molecule has 18 nitrogen and oxygen atoms in total. The lowest BCUT2D eigenvalue weighted by atomic mass is 9.43. The first kappa shape index (κ1) is 45.5. The van der Waals surface area contributed by atoms with E-state index in [4.69, 9.17) is 17.3 Å². The summed E-state index contributed by atoms with van der Waals surface area (Å²) in [4.78, 5) is 0. The number of hydrogen-bond acceptors (Lipinski definition) is 14. The fourth-order valence-corrected chi connectivity index (χ4v) is 14.3. The van der Waals surface area contributed by atoms with Gasteiger partial charge < -0.3 is 9.84 Å². The molecule has 4 aliphatic carbocycles. The molecule has 0 aromatic carbocycles. The zero-order valence-electron chi connectivity index (χ0n) is 31.8. The number of fused-ring (bicyclic) bond motifs is 5. The fourth-order valence-electron chi connectivity index (χ4n) is 12.3. The van der Waals surface area contributed by atoms with Crippen LogP contribution in [0.2, 0.25) is 0 Å². The average molecular weight is 871 g/mol. The predicted octanol–water partition coefficient (Wildman–Crippen LogP) is 4.19. The topological polar surface area (TPSA) is 284 Å². The van der Waals surface area contributed by atoms with Crippen molar-refractivity contribution in [3.8, 4) is 0 Å². The minimum Gasteiger partial charge on any atom is -0.366 e. The summed E-state index contributed by atoms with van der Waals surface area (Å²) in [7, 11) is -22.5. The molecule has 1 heterocycles. The monoisotopic (exact) mass is 870 g/mol. The molecule has 4 saturated carbocycles. The van der Waals surface area contributed by atoms with Crippen LogP contribution in [0.5, 0.6) is 0 Å². The van der Waals surface area contributed by atoms with Crippen LogP contribution in [0.15, 0.2) is 0 Å². The Morgan fingerprint density at radius 2 is 1.29 bits per heavy atom. The molecular formula is C33H58O18S4. The van der Waals surface area contributed by atoms with Crippen LogP contribution in [0.25, 0.3) is 0 Å². The van der Waals surface area contributed by atoms with E-state index in [1.54, 1.807) is 0 Å². The molecule has 0 bridgehead atoms. The van der Waals surface area contributed by atoms with Gasteiger partial charge >= 0.3 is 41.6 Å². The maximum Gasteiger partial charge on any atom is 0.398 e. The summed E-state index contributed by atoms with van der Waals surface area (Å²) in [5.41, 5.74) is -3.32. The second-order valence-electron chi connectivity index (χ2n) is 17.7. The van der Waals surface area contributed by atoms with E-state index in [9.17, 15) is 57.0 Å². The highest BCUT2D eigenvalue weighted by atomic mass is 32.3. The van der Waals surface area contributed by atoms with Gasteiger partial charge in [0.05, 0.1) is 6.61 Å². The lowest BCUT2D eigenvalue weighted by Gasteiger charge is -2.63. The summed E-state index contributed by atoms with van der Waals surface area (Å²) in [6, 6.07) is 0. The molecule has 0 aromatic rings. The molecule has 14 atom stereocenters. The molecule has 4 unspecified atom stereocenters. The zero-order chi connectivity index (χ0) is 41.2. The Bertz CT molecular complexity index is 1820. The quantitative estimate of drug-likeness (QED) is 0.144. The van der Waals surface area contributed by atoms with Crippen molar-refractivity contribution >= 4 is 41.6 Å². The summed E-state index contributed by atoms with van der Waals surface area (Å²) in [5, 5.41) is 11.1. The highest BCUT2D eigenvalue weighted by molar-refractivity contribution is 7.81. The van der Waals surface area contributed by atoms with Gasteiger partial charge in [-0.15, -0.1) is 0 Å². The van der Waals surface area contributed by atoms with E-state index in [-0.39, 0.29) is 35.5 Å². The molecule has 5 aliphatic rings. The van der Waals surface area contributed by atoms with Crippen LogP contribution in [-0.4, -0.2) is 93.8 Å². The van der Waals surface area contributed by atoms with Gasteiger partial charge in [0, 0.05) is 0 Å². The summed E-state index contributed by atoms with van der Waals surface area (Å²) in [6.45, 7) is 10.1. The van der Waals surface area contributed by atoms with Gasteiger partial charge in [0.25, 0.3) is 0 Å². The van der Waals surface area contributed by atoms with Crippen molar-refractivity contribution in [2.75, 3.05) is 6.61 Å². The van der Waals surface area contributed by atoms with Crippen LogP contribution in [0.1, 0.15) is 112 Å². The summed E-state index contributed by atoms with van der Waals surface area (Å²) >= 11 is 0. The van der Waals surface area contributed by atoms with E-state index in [1.165, 1.54) is 25.7 Å². The van der Waals surface area contributed by atoms with Crippen LogP contribution in [0.3, 0.4) is 0 Å². The van der Waals surface area contributed by atoms with Crippen LogP contribution >= 0.6 is 0 Å². The molecule has 55 heavy (non-hydrogen) atoms. The Morgan fingerprint density at radius 3 is 1.87 bits per heavy atom.